The molecule has 15 heavy (non-hydrogen) atoms. The SMILES string of the molecule is CC[C@H](C)c1cc(SC)c(N)c(C)c1N. The Morgan fingerprint density at radius 2 is 1.93 bits per heavy atom. The third kappa shape index (κ3) is 2.23. The molecule has 84 valence electrons. The zero-order chi connectivity index (χ0) is 11.6. The maximum absolute atomic E-state index is 6.09. The summed E-state index contributed by atoms with van der Waals surface area (Å²) in [4.78, 5) is 1.14. The van der Waals surface area contributed by atoms with Crippen LogP contribution in [0.15, 0.2) is 11.0 Å². The number of rotatable bonds is 3. The highest BCUT2D eigenvalue weighted by molar-refractivity contribution is 7.98. The van der Waals surface area contributed by atoms with Crippen molar-refractivity contribution in [2.45, 2.75) is 38.0 Å². The van der Waals surface area contributed by atoms with Crippen LogP contribution >= 0.6 is 11.8 Å². The van der Waals surface area contributed by atoms with Gasteiger partial charge in [-0.15, -0.1) is 11.8 Å². The van der Waals surface area contributed by atoms with E-state index in [1.807, 2.05) is 13.2 Å². The molecule has 2 nitrogen and oxygen atoms in total. The third-order valence-electron chi connectivity index (χ3n) is 3.03. The third-order valence-corrected chi connectivity index (χ3v) is 3.81. The number of nitrogen functional groups attached to an aromatic ring is 2. The molecule has 0 radical (unpaired) electrons. The number of nitrogens with two attached hydrogens (primary N) is 2. The Labute approximate surface area is 96.4 Å². The summed E-state index contributed by atoms with van der Waals surface area (Å²) < 4.78 is 0. The molecule has 0 spiro atoms. The molecule has 3 heteroatoms. The Bertz CT molecular complexity index is 361. The van der Waals surface area contributed by atoms with E-state index < -0.39 is 0 Å². The second-order valence-electron chi connectivity index (χ2n) is 3.93. The smallest absolute Gasteiger partial charge is 0.0502 e. The Kier molecular flexibility index (Phi) is 3.91. The zero-order valence-corrected chi connectivity index (χ0v) is 10.7. The van der Waals surface area contributed by atoms with Crippen molar-refractivity contribution in [1.29, 1.82) is 0 Å². The molecule has 0 saturated heterocycles. The fraction of sp³-hybridized carbons (Fsp3) is 0.500. The quantitative estimate of drug-likeness (QED) is 0.611. The summed E-state index contributed by atoms with van der Waals surface area (Å²) in [6, 6.07) is 2.14. The topological polar surface area (TPSA) is 52.0 Å². The molecule has 1 rings (SSSR count). The first-order valence-corrected chi connectivity index (χ1v) is 6.47. The number of thioether (sulfide) groups is 1. The van der Waals surface area contributed by atoms with Crippen LogP contribution in [0, 0.1) is 6.92 Å². The van der Waals surface area contributed by atoms with Gasteiger partial charge in [0.25, 0.3) is 0 Å². The first-order chi connectivity index (χ1) is 7.02. The van der Waals surface area contributed by atoms with Gasteiger partial charge in [-0.3, -0.25) is 0 Å². The first-order valence-electron chi connectivity index (χ1n) is 5.25. The highest BCUT2D eigenvalue weighted by atomic mass is 32.2. The van der Waals surface area contributed by atoms with E-state index in [0.717, 1.165) is 28.3 Å². The molecule has 1 aromatic carbocycles. The lowest BCUT2D eigenvalue weighted by Gasteiger charge is -2.18. The Hall–Kier alpha value is -0.830. The number of anilines is 2. The average Bonchev–Trinajstić information content (AvgIpc) is 2.25. The zero-order valence-electron chi connectivity index (χ0n) is 9.92. The second kappa shape index (κ2) is 4.79. The van der Waals surface area contributed by atoms with Gasteiger partial charge in [-0.05, 0) is 42.7 Å². The van der Waals surface area contributed by atoms with Crippen LogP contribution in [0.2, 0.25) is 0 Å². The fourth-order valence-corrected chi connectivity index (χ4v) is 2.26. The molecule has 1 atom stereocenters. The summed E-state index contributed by atoms with van der Waals surface area (Å²) in [5.41, 5.74) is 16.0. The van der Waals surface area contributed by atoms with Crippen molar-refractivity contribution in [1.82, 2.24) is 0 Å². The fourth-order valence-electron chi connectivity index (χ4n) is 1.64. The van der Waals surface area contributed by atoms with Crippen molar-refractivity contribution in [3.05, 3.63) is 17.2 Å². The summed E-state index contributed by atoms with van der Waals surface area (Å²) in [5.74, 6) is 0.496. The van der Waals surface area contributed by atoms with Crippen molar-refractivity contribution in [2.24, 2.45) is 0 Å². The first kappa shape index (κ1) is 12.2. The minimum absolute atomic E-state index is 0.496. The van der Waals surface area contributed by atoms with Crippen molar-refractivity contribution in [3.63, 3.8) is 0 Å². The molecule has 0 saturated carbocycles. The molecule has 0 aliphatic heterocycles. The van der Waals surface area contributed by atoms with Crippen LogP contribution in [0.3, 0.4) is 0 Å². The largest absolute Gasteiger partial charge is 0.398 e. The van der Waals surface area contributed by atoms with Gasteiger partial charge in [-0.1, -0.05) is 13.8 Å². The van der Waals surface area contributed by atoms with E-state index in [1.165, 1.54) is 5.56 Å². The summed E-state index contributed by atoms with van der Waals surface area (Å²) >= 11 is 1.68. The molecule has 0 amide bonds. The molecule has 0 aliphatic carbocycles. The van der Waals surface area contributed by atoms with E-state index >= 15 is 0 Å². The van der Waals surface area contributed by atoms with Crippen molar-refractivity contribution in [3.8, 4) is 0 Å². The van der Waals surface area contributed by atoms with Crippen LogP contribution in [-0.2, 0) is 0 Å². The lowest BCUT2D eigenvalue weighted by Crippen LogP contribution is -2.05. The van der Waals surface area contributed by atoms with Gasteiger partial charge in [-0.2, -0.15) is 0 Å². The van der Waals surface area contributed by atoms with E-state index in [9.17, 15) is 0 Å². The Balaban J connectivity index is 3.35. The Morgan fingerprint density at radius 3 is 2.40 bits per heavy atom. The van der Waals surface area contributed by atoms with Crippen LogP contribution in [0.5, 0.6) is 0 Å². The van der Waals surface area contributed by atoms with Crippen LogP contribution in [-0.4, -0.2) is 6.26 Å². The Morgan fingerprint density at radius 1 is 1.33 bits per heavy atom. The summed E-state index contributed by atoms with van der Waals surface area (Å²) in [5, 5.41) is 0. The minimum atomic E-state index is 0.496. The van der Waals surface area contributed by atoms with Gasteiger partial charge in [0.15, 0.2) is 0 Å². The summed E-state index contributed by atoms with van der Waals surface area (Å²) in [6.07, 6.45) is 3.14. The summed E-state index contributed by atoms with van der Waals surface area (Å²) in [6.45, 7) is 6.37. The standard InChI is InChI=1S/C12H20N2S/c1-5-7(2)9-6-10(15-4)12(14)8(3)11(9)13/h6-7H,5,13-14H2,1-4H3/t7-/m0/s1. The number of hydrogen-bond donors (Lipinski definition) is 2. The number of benzene rings is 1. The van der Waals surface area contributed by atoms with E-state index in [1.54, 1.807) is 11.8 Å². The molecule has 0 heterocycles. The lowest BCUT2D eigenvalue weighted by molar-refractivity contribution is 0.733. The molecule has 0 unspecified atom stereocenters. The van der Waals surface area contributed by atoms with Crippen LogP contribution in [0.25, 0.3) is 0 Å². The monoisotopic (exact) mass is 224 g/mol. The van der Waals surface area contributed by atoms with Crippen molar-refractivity contribution < 1.29 is 0 Å². The van der Waals surface area contributed by atoms with Gasteiger partial charge in [-0.25, -0.2) is 0 Å². The maximum Gasteiger partial charge on any atom is 0.0502 e. The van der Waals surface area contributed by atoms with Gasteiger partial charge >= 0.3 is 0 Å². The summed E-state index contributed by atoms with van der Waals surface area (Å²) in [7, 11) is 0. The van der Waals surface area contributed by atoms with E-state index in [2.05, 4.69) is 19.9 Å². The molecule has 0 aliphatic rings. The maximum atomic E-state index is 6.09. The predicted octanol–water partition coefficient (Wildman–Crippen LogP) is 3.39. The van der Waals surface area contributed by atoms with Crippen LogP contribution in [0.1, 0.15) is 37.3 Å². The highest BCUT2D eigenvalue weighted by Gasteiger charge is 2.14. The van der Waals surface area contributed by atoms with E-state index in [-0.39, 0.29) is 0 Å². The van der Waals surface area contributed by atoms with Gasteiger partial charge in [0.2, 0.25) is 0 Å². The molecular formula is C12H20N2S. The van der Waals surface area contributed by atoms with Crippen molar-refractivity contribution in [2.75, 3.05) is 17.7 Å². The molecular weight excluding hydrogens is 204 g/mol. The predicted molar refractivity (Wildman–Crippen MR) is 70.5 cm³/mol. The minimum Gasteiger partial charge on any atom is -0.398 e. The van der Waals surface area contributed by atoms with Crippen molar-refractivity contribution >= 4 is 23.1 Å². The van der Waals surface area contributed by atoms with Crippen LogP contribution in [0.4, 0.5) is 11.4 Å². The molecule has 4 N–H and O–H groups in total. The second-order valence-corrected chi connectivity index (χ2v) is 4.78. The molecule has 1 aromatic rings. The van der Waals surface area contributed by atoms with E-state index in [0.29, 0.717) is 5.92 Å². The van der Waals surface area contributed by atoms with Gasteiger partial charge in [0.05, 0.1) is 5.69 Å². The molecule has 0 fully saturated rings. The normalized spacial score (nSPS) is 12.8. The average molecular weight is 224 g/mol. The lowest BCUT2D eigenvalue weighted by atomic mass is 9.94. The van der Waals surface area contributed by atoms with Gasteiger partial charge < -0.3 is 11.5 Å². The van der Waals surface area contributed by atoms with Crippen LogP contribution < -0.4 is 11.5 Å². The molecule has 0 aromatic heterocycles. The van der Waals surface area contributed by atoms with E-state index in [4.69, 9.17) is 11.5 Å². The number of hydrogen-bond acceptors (Lipinski definition) is 3. The molecule has 0 bridgehead atoms. The van der Waals surface area contributed by atoms with Gasteiger partial charge in [0.1, 0.15) is 0 Å². The highest BCUT2D eigenvalue weighted by Crippen LogP contribution is 2.36. The van der Waals surface area contributed by atoms with Gasteiger partial charge in [0, 0.05) is 10.6 Å².